The zero-order chi connectivity index (χ0) is 14.2. The van der Waals surface area contributed by atoms with Crippen LogP contribution in [0, 0.1) is 0 Å². The predicted molar refractivity (Wildman–Crippen MR) is 76.5 cm³/mol. The third-order valence-corrected chi connectivity index (χ3v) is 2.70. The normalized spacial score (nSPS) is 11.2. The molecule has 0 saturated carbocycles. The predicted octanol–water partition coefficient (Wildman–Crippen LogP) is 1.55. The van der Waals surface area contributed by atoms with Gasteiger partial charge >= 0.3 is 0 Å². The third-order valence-electron chi connectivity index (χ3n) is 2.70. The van der Waals surface area contributed by atoms with Gasteiger partial charge in [0.25, 0.3) is 0 Å². The van der Waals surface area contributed by atoms with E-state index in [1.807, 2.05) is 24.3 Å². The van der Waals surface area contributed by atoms with Crippen molar-refractivity contribution < 1.29 is 9.15 Å². The summed E-state index contributed by atoms with van der Waals surface area (Å²) in [7, 11) is 3.34. The number of furan rings is 1. The number of ether oxygens (including phenoxy) is 1. The standard InChI is InChI=1S/C14H18N4O2/c1-15-14(18-10-13-4-3-7-20-13)17-8-11-5-6-12(19-2)9-16-11/h3-7,9H,8,10H2,1-2H3,(H2,15,17,18). The maximum atomic E-state index is 5.25. The molecule has 0 radical (unpaired) electrons. The molecule has 0 fully saturated rings. The van der Waals surface area contributed by atoms with E-state index in [2.05, 4.69) is 20.6 Å². The first kappa shape index (κ1) is 13.9. The van der Waals surface area contributed by atoms with Crippen LogP contribution in [0.5, 0.6) is 5.75 Å². The van der Waals surface area contributed by atoms with E-state index in [4.69, 9.17) is 9.15 Å². The fraction of sp³-hybridized carbons (Fsp3) is 0.286. The van der Waals surface area contributed by atoms with E-state index < -0.39 is 0 Å². The van der Waals surface area contributed by atoms with Gasteiger partial charge < -0.3 is 19.8 Å². The molecular formula is C14H18N4O2. The molecule has 0 spiro atoms. The molecule has 0 aliphatic rings. The zero-order valence-electron chi connectivity index (χ0n) is 11.6. The van der Waals surface area contributed by atoms with Gasteiger partial charge in [0.2, 0.25) is 0 Å². The number of aromatic nitrogens is 1. The van der Waals surface area contributed by atoms with Gasteiger partial charge in [-0.15, -0.1) is 0 Å². The van der Waals surface area contributed by atoms with E-state index in [0.717, 1.165) is 17.2 Å². The fourth-order valence-electron chi connectivity index (χ4n) is 1.62. The molecule has 0 saturated heterocycles. The van der Waals surface area contributed by atoms with Crippen LogP contribution >= 0.6 is 0 Å². The van der Waals surface area contributed by atoms with Crippen LogP contribution in [-0.2, 0) is 13.1 Å². The number of aliphatic imine (C=N–C) groups is 1. The van der Waals surface area contributed by atoms with E-state index >= 15 is 0 Å². The lowest BCUT2D eigenvalue weighted by molar-refractivity contribution is 0.412. The molecule has 106 valence electrons. The highest BCUT2D eigenvalue weighted by Crippen LogP contribution is 2.07. The van der Waals surface area contributed by atoms with Crippen molar-refractivity contribution >= 4 is 5.96 Å². The van der Waals surface area contributed by atoms with Gasteiger partial charge in [-0.2, -0.15) is 0 Å². The van der Waals surface area contributed by atoms with E-state index in [1.54, 1.807) is 26.6 Å². The number of rotatable bonds is 5. The van der Waals surface area contributed by atoms with Gasteiger partial charge in [0.15, 0.2) is 5.96 Å². The molecular weight excluding hydrogens is 256 g/mol. The summed E-state index contributed by atoms with van der Waals surface area (Å²) < 4.78 is 10.3. The molecule has 0 aliphatic carbocycles. The monoisotopic (exact) mass is 274 g/mol. The van der Waals surface area contributed by atoms with Crippen LogP contribution in [0.25, 0.3) is 0 Å². The highest BCUT2D eigenvalue weighted by Gasteiger charge is 2.01. The lowest BCUT2D eigenvalue weighted by Gasteiger charge is -2.10. The molecule has 2 heterocycles. The quantitative estimate of drug-likeness (QED) is 0.639. The Hall–Kier alpha value is -2.50. The van der Waals surface area contributed by atoms with E-state index in [9.17, 15) is 0 Å². The molecule has 2 aromatic heterocycles. The Morgan fingerprint density at radius 2 is 2.15 bits per heavy atom. The Balaban J connectivity index is 1.81. The maximum Gasteiger partial charge on any atom is 0.191 e. The number of pyridine rings is 1. The summed E-state index contributed by atoms with van der Waals surface area (Å²) in [4.78, 5) is 8.41. The van der Waals surface area contributed by atoms with Crippen LogP contribution in [0.15, 0.2) is 46.1 Å². The number of guanidine groups is 1. The number of hydrogen-bond acceptors (Lipinski definition) is 4. The molecule has 2 aromatic rings. The average Bonchev–Trinajstić information content (AvgIpc) is 3.01. The molecule has 0 amide bonds. The SMILES string of the molecule is CN=C(NCc1ccc(OC)cn1)NCc1ccco1. The molecule has 0 unspecified atom stereocenters. The molecule has 0 aromatic carbocycles. The molecule has 0 bridgehead atoms. The van der Waals surface area contributed by atoms with Crippen LogP contribution in [0.3, 0.4) is 0 Å². The third kappa shape index (κ3) is 4.01. The van der Waals surface area contributed by atoms with Gasteiger partial charge in [0.05, 0.1) is 38.4 Å². The van der Waals surface area contributed by atoms with Gasteiger partial charge in [-0.05, 0) is 24.3 Å². The van der Waals surface area contributed by atoms with Gasteiger partial charge in [0.1, 0.15) is 11.5 Å². The topological polar surface area (TPSA) is 71.7 Å². The second-order valence-electron chi connectivity index (χ2n) is 4.05. The van der Waals surface area contributed by atoms with E-state index in [1.165, 1.54) is 0 Å². The molecule has 6 heteroatoms. The van der Waals surface area contributed by atoms with Crippen molar-refractivity contribution in [2.75, 3.05) is 14.2 Å². The maximum absolute atomic E-state index is 5.25. The lowest BCUT2D eigenvalue weighted by atomic mass is 10.3. The lowest BCUT2D eigenvalue weighted by Crippen LogP contribution is -2.36. The van der Waals surface area contributed by atoms with Crippen LogP contribution in [0.2, 0.25) is 0 Å². The Morgan fingerprint density at radius 3 is 2.75 bits per heavy atom. The molecule has 2 rings (SSSR count). The second kappa shape index (κ2) is 7.18. The van der Waals surface area contributed by atoms with Crippen molar-refractivity contribution in [1.29, 1.82) is 0 Å². The Morgan fingerprint density at radius 1 is 1.30 bits per heavy atom. The van der Waals surface area contributed by atoms with Gasteiger partial charge in [-0.1, -0.05) is 0 Å². The van der Waals surface area contributed by atoms with Crippen LogP contribution < -0.4 is 15.4 Å². The largest absolute Gasteiger partial charge is 0.495 e. The van der Waals surface area contributed by atoms with Crippen LogP contribution in [0.4, 0.5) is 0 Å². The smallest absolute Gasteiger partial charge is 0.191 e. The minimum atomic E-state index is 0.585. The van der Waals surface area contributed by atoms with Crippen molar-refractivity contribution in [1.82, 2.24) is 15.6 Å². The fourth-order valence-corrected chi connectivity index (χ4v) is 1.62. The van der Waals surface area contributed by atoms with Crippen molar-refractivity contribution in [3.63, 3.8) is 0 Å². The molecule has 6 nitrogen and oxygen atoms in total. The van der Waals surface area contributed by atoms with Crippen molar-refractivity contribution in [3.05, 3.63) is 48.2 Å². The van der Waals surface area contributed by atoms with E-state index in [0.29, 0.717) is 19.0 Å². The van der Waals surface area contributed by atoms with Crippen molar-refractivity contribution in [2.45, 2.75) is 13.1 Å². The summed E-state index contributed by atoms with van der Waals surface area (Å²) in [5.74, 6) is 2.30. The van der Waals surface area contributed by atoms with Crippen molar-refractivity contribution in [3.8, 4) is 5.75 Å². The van der Waals surface area contributed by atoms with Gasteiger partial charge in [-0.3, -0.25) is 9.98 Å². The molecule has 2 N–H and O–H groups in total. The van der Waals surface area contributed by atoms with Crippen LogP contribution in [0.1, 0.15) is 11.5 Å². The molecule has 0 atom stereocenters. The summed E-state index contributed by atoms with van der Waals surface area (Å²) in [6, 6.07) is 7.55. The van der Waals surface area contributed by atoms with Crippen LogP contribution in [-0.4, -0.2) is 25.1 Å². The summed E-state index contributed by atoms with van der Waals surface area (Å²) in [6.07, 6.45) is 3.34. The highest BCUT2D eigenvalue weighted by molar-refractivity contribution is 5.79. The van der Waals surface area contributed by atoms with Crippen molar-refractivity contribution in [2.24, 2.45) is 4.99 Å². The average molecular weight is 274 g/mol. The molecule has 0 aliphatic heterocycles. The first-order valence-electron chi connectivity index (χ1n) is 6.27. The number of hydrogen-bond donors (Lipinski definition) is 2. The van der Waals surface area contributed by atoms with Gasteiger partial charge in [0, 0.05) is 7.05 Å². The summed E-state index contributed by atoms with van der Waals surface area (Å²) in [5.41, 5.74) is 0.909. The molecule has 20 heavy (non-hydrogen) atoms. The summed E-state index contributed by atoms with van der Waals surface area (Å²) in [6.45, 7) is 1.17. The minimum absolute atomic E-state index is 0.585. The summed E-state index contributed by atoms with van der Waals surface area (Å²) >= 11 is 0. The Labute approximate surface area is 117 Å². The Bertz CT molecular complexity index is 535. The number of nitrogens with zero attached hydrogens (tertiary/aromatic N) is 2. The second-order valence-corrected chi connectivity index (χ2v) is 4.05. The Kier molecular flexibility index (Phi) is 5.00. The first-order chi connectivity index (χ1) is 9.81. The zero-order valence-corrected chi connectivity index (χ0v) is 11.6. The van der Waals surface area contributed by atoms with E-state index in [-0.39, 0.29) is 0 Å². The van der Waals surface area contributed by atoms with Gasteiger partial charge in [-0.25, -0.2) is 0 Å². The number of nitrogens with one attached hydrogen (secondary N) is 2. The highest BCUT2D eigenvalue weighted by atomic mass is 16.5. The summed E-state index contributed by atoms with van der Waals surface area (Å²) in [5, 5.41) is 6.34. The minimum Gasteiger partial charge on any atom is -0.495 e. The number of methoxy groups -OCH3 is 1. The first-order valence-corrected chi connectivity index (χ1v) is 6.27.